The second kappa shape index (κ2) is 5.61. The van der Waals surface area contributed by atoms with Crippen molar-refractivity contribution in [2.75, 3.05) is 42.6 Å². The second-order valence-electron chi connectivity index (χ2n) is 5.44. The molecule has 2 fully saturated rings. The van der Waals surface area contributed by atoms with Crippen molar-refractivity contribution >= 4 is 31.5 Å². The summed E-state index contributed by atoms with van der Waals surface area (Å²) >= 11 is 3.44. The third-order valence-electron chi connectivity index (χ3n) is 4.09. The summed E-state index contributed by atoms with van der Waals surface area (Å²) in [5.74, 6) is 0.693. The average Bonchev–Trinajstić information content (AvgIpc) is 2.79. The smallest absolute Gasteiger partial charge is 0.151 e. The fourth-order valence-electron chi connectivity index (χ4n) is 2.98. The van der Waals surface area contributed by atoms with Gasteiger partial charge in [0.1, 0.15) is 0 Å². The summed E-state index contributed by atoms with van der Waals surface area (Å²) in [6.45, 7) is 3.70. The van der Waals surface area contributed by atoms with E-state index in [4.69, 9.17) is 0 Å². The van der Waals surface area contributed by atoms with Gasteiger partial charge < -0.3 is 4.90 Å². The molecular formula is C13H18BrN3O2S. The van der Waals surface area contributed by atoms with Crippen LogP contribution in [0.2, 0.25) is 0 Å². The fourth-order valence-corrected chi connectivity index (χ4v) is 5.10. The van der Waals surface area contributed by atoms with Crippen LogP contribution in [0.3, 0.4) is 0 Å². The van der Waals surface area contributed by atoms with Gasteiger partial charge in [0.05, 0.1) is 23.4 Å². The van der Waals surface area contributed by atoms with Crippen LogP contribution in [0.25, 0.3) is 0 Å². The predicted octanol–water partition coefficient (Wildman–Crippen LogP) is 1.15. The first-order chi connectivity index (χ1) is 9.53. The molecule has 2 aliphatic rings. The van der Waals surface area contributed by atoms with Crippen LogP contribution in [0.4, 0.5) is 5.69 Å². The Morgan fingerprint density at radius 3 is 2.55 bits per heavy atom. The molecule has 0 radical (unpaired) electrons. The first-order valence-corrected chi connectivity index (χ1v) is 9.45. The molecule has 110 valence electrons. The van der Waals surface area contributed by atoms with E-state index < -0.39 is 9.84 Å². The minimum absolute atomic E-state index is 0.225. The lowest BCUT2D eigenvalue weighted by atomic mass is 10.2. The molecule has 7 heteroatoms. The van der Waals surface area contributed by atoms with Gasteiger partial charge in [0, 0.05) is 42.9 Å². The Morgan fingerprint density at radius 1 is 1.20 bits per heavy atom. The van der Waals surface area contributed by atoms with Crippen LogP contribution in [-0.4, -0.2) is 62.0 Å². The van der Waals surface area contributed by atoms with Crippen molar-refractivity contribution in [1.82, 2.24) is 9.88 Å². The summed E-state index contributed by atoms with van der Waals surface area (Å²) in [7, 11) is -2.79. The van der Waals surface area contributed by atoms with Crippen LogP contribution in [0.5, 0.6) is 0 Å². The van der Waals surface area contributed by atoms with Crippen LogP contribution >= 0.6 is 15.9 Å². The standard InChI is InChI=1S/C13H18BrN3O2S/c14-11-7-13(9-15-8-11)17-4-2-16(3-5-17)12-1-6-20(18,19)10-12/h7-9,12H,1-6,10H2. The summed E-state index contributed by atoms with van der Waals surface area (Å²) in [4.78, 5) is 8.82. The molecule has 0 N–H and O–H groups in total. The topological polar surface area (TPSA) is 53.5 Å². The number of hydrogen-bond acceptors (Lipinski definition) is 5. The number of aromatic nitrogens is 1. The number of halogens is 1. The average molecular weight is 360 g/mol. The second-order valence-corrected chi connectivity index (χ2v) is 8.59. The fraction of sp³-hybridized carbons (Fsp3) is 0.615. The van der Waals surface area contributed by atoms with Gasteiger partial charge in [0.15, 0.2) is 9.84 Å². The quantitative estimate of drug-likeness (QED) is 0.792. The molecular weight excluding hydrogens is 342 g/mol. The first-order valence-electron chi connectivity index (χ1n) is 6.83. The molecule has 0 spiro atoms. The molecule has 20 heavy (non-hydrogen) atoms. The van der Waals surface area contributed by atoms with Gasteiger partial charge in [-0.2, -0.15) is 0 Å². The molecule has 1 unspecified atom stereocenters. The lowest BCUT2D eigenvalue weighted by molar-refractivity contribution is 0.200. The minimum Gasteiger partial charge on any atom is -0.368 e. The van der Waals surface area contributed by atoms with Crippen molar-refractivity contribution in [2.45, 2.75) is 12.5 Å². The van der Waals surface area contributed by atoms with Crippen molar-refractivity contribution in [2.24, 2.45) is 0 Å². The van der Waals surface area contributed by atoms with Crippen LogP contribution < -0.4 is 4.90 Å². The Labute approximate surface area is 128 Å². The molecule has 2 aliphatic heterocycles. The molecule has 0 aromatic carbocycles. The molecule has 1 aromatic heterocycles. The Kier molecular flexibility index (Phi) is 4.01. The highest BCUT2D eigenvalue weighted by atomic mass is 79.9. The predicted molar refractivity (Wildman–Crippen MR) is 82.8 cm³/mol. The molecule has 2 saturated heterocycles. The number of anilines is 1. The van der Waals surface area contributed by atoms with E-state index in [1.165, 1.54) is 0 Å². The van der Waals surface area contributed by atoms with Crippen LogP contribution in [0, 0.1) is 0 Å². The lowest BCUT2D eigenvalue weighted by Gasteiger charge is -2.38. The summed E-state index contributed by atoms with van der Waals surface area (Å²) in [6.07, 6.45) is 4.45. The molecule has 0 aliphatic carbocycles. The number of hydrogen-bond donors (Lipinski definition) is 0. The maximum Gasteiger partial charge on any atom is 0.151 e. The van der Waals surface area contributed by atoms with Gasteiger partial charge >= 0.3 is 0 Å². The highest BCUT2D eigenvalue weighted by molar-refractivity contribution is 9.10. The molecule has 1 aromatic rings. The molecule has 1 atom stereocenters. The highest BCUT2D eigenvalue weighted by Gasteiger charge is 2.33. The van der Waals surface area contributed by atoms with Crippen molar-refractivity contribution in [3.8, 4) is 0 Å². The van der Waals surface area contributed by atoms with E-state index in [0.29, 0.717) is 11.5 Å². The van der Waals surface area contributed by atoms with E-state index in [2.05, 4.69) is 36.8 Å². The van der Waals surface area contributed by atoms with E-state index in [1.807, 2.05) is 6.20 Å². The van der Waals surface area contributed by atoms with Gasteiger partial charge in [0.25, 0.3) is 0 Å². The molecule has 0 saturated carbocycles. The molecule has 5 nitrogen and oxygen atoms in total. The summed E-state index contributed by atoms with van der Waals surface area (Å²) in [6, 6.07) is 2.30. The van der Waals surface area contributed by atoms with E-state index >= 15 is 0 Å². The maximum atomic E-state index is 11.6. The van der Waals surface area contributed by atoms with E-state index in [1.54, 1.807) is 6.20 Å². The number of piperazine rings is 1. The zero-order valence-electron chi connectivity index (χ0n) is 11.2. The number of pyridine rings is 1. The monoisotopic (exact) mass is 359 g/mol. The third-order valence-corrected chi connectivity index (χ3v) is 6.28. The highest BCUT2D eigenvalue weighted by Crippen LogP contribution is 2.23. The SMILES string of the molecule is O=S1(=O)CCC(N2CCN(c3cncc(Br)c3)CC2)C1. The minimum atomic E-state index is -2.79. The zero-order valence-corrected chi connectivity index (χ0v) is 13.6. The van der Waals surface area contributed by atoms with Crippen LogP contribution in [0.15, 0.2) is 22.9 Å². The lowest BCUT2D eigenvalue weighted by Crippen LogP contribution is -2.50. The van der Waals surface area contributed by atoms with E-state index in [0.717, 1.165) is 42.8 Å². The summed E-state index contributed by atoms with van der Waals surface area (Å²) in [5, 5.41) is 0. The maximum absolute atomic E-state index is 11.6. The number of sulfone groups is 1. The van der Waals surface area contributed by atoms with Crippen molar-refractivity contribution in [3.63, 3.8) is 0 Å². The van der Waals surface area contributed by atoms with Gasteiger partial charge in [0.2, 0.25) is 0 Å². The number of rotatable bonds is 2. The van der Waals surface area contributed by atoms with Gasteiger partial charge in [-0.25, -0.2) is 8.42 Å². The normalized spacial score (nSPS) is 26.9. The summed E-state index contributed by atoms with van der Waals surface area (Å²) < 4.78 is 24.1. The van der Waals surface area contributed by atoms with Crippen LogP contribution in [-0.2, 0) is 9.84 Å². The van der Waals surface area contributed by atoms with E-state index in [-0.39, 0.29) is 6.04 Å². The van der Waals surface area contributed by atoms with Crippen molar-refractivity contribution < 1.29 is 8.42 Å². The first kappa shape index (κ1) is 14.3. The van der Waals surface area contributed by atoms with Crippen molar-refractivity contribution in [1.29, 1.82) is 0 Å². The van der Waals surface area contributed by atoms with Gasteiger partial charge in [-0.15, -0.1) is 0 Å². The van der Waals surface area contributed by atoms with Gasteiger partial charge in [-0.3, -0.25) is 9.88 Å². The molecule has 3 rings (SSSR count). The Hall–Kier alpha value is -0.660. The molecule has 3 heterocycles. The third kappa shape index (κ3) is 3.15. The van der Waals surface area contributed by atoms with Crippen LogP contribution in [0.1, 0.15) is 6.42 Å². The zero-order chi connectivity index (χ0) is 14.2. The number of nitrogens with zero attached hydrogens (tertiary/aromatic N) is 3. The Morgan fingerprint density at radius 2 is 1.95 bits per heavy atom. The molecule has 0 amide bonds. The van der Waals surface area contributed by atoms with E-state index in [9.17, 15) is 8.42 Å². The summed E-state index contributed by atoms with van der Waals surface area (Å²) in [5.41, 5.74) is 1.12. The largest absolute Gasteiger partial charge is 0.368 e. The molecule has 0 bridgehead atoms. The van der Waals surface area contributed by atoms with Crippen molar-refractivity contribution in [3.05, 3.63) is 22.9 Å². The van der Waals surface area contributed by atoms with Gasteiger partial charge in [-0.05, 0) is 28.4 Å². The Balaban J connectivity index is 1.60. The Bertz CT molecular complexity index is 585. The van der Waals surface area contributed by atoms with Gasteiger partial charge in [-0.1, -0.05) is 0 Å².